The molecule has 3 rings (SSSR count). The summed E-state index contributed by atoms with van der Waals surface area (Å²) in [6.07, 6.45) is -0.423. The summed E-state index contributed by atoms with van der Waals surface area (Å²) >= 11 is 0. The number of hydrogen-bond acceptors (Lipinski definition) is 7. The highest BCUT2D eigenvalue weighted by Gasteiger charge is 2.20. The van der Waals surface area contributed by atoms with Crippen LogP contribution in [0.5, 0.6) is 0 Å². The second-order valence-electron chi connectivity index (χ2n) is 6.75. The van der Waals surface area contributed by atoms with Gasteiger partial charge < -0.3 is 14.1 Å². The van der Waals surface area contributed by atoms with Gasteiger partial charge in [0.2, 0.25) is 5.89 Å². The number of aromatic amines is 1. The number of nitrogens with zero attached hydrogens (tertiary/aromatic N) is 3. The molecular weight excluding hydrogens is 391 g/mol. The maximum Gasteiger partial charge on any atom is 0.306 e. The molecule has 0 amide bonds. The second kappa shape index (κ2) is 8.69. The monoisotopic (exact) mass is 410 g/mol. The fourth-order valence-corrected chi connectivity index (χ4v) is 3.06. The minimum atomic E-state index is -0.772. The van der Waals surface area contributed by atoms with Crippen molar-refractivity contribution < 1.29 is 18.3 Å². The van der Waals surface area contributed by atoms with Gasteiger partial charge in [-0.1, -0.05) is 0 Å². The third kappa shape index (κ3) is 4.43. The summed E-state index contributed by atoms with van der Waals surface area (Å²) in [7, 11) is 0. The molecule has 0 aliphatic heterocycles. The zero-order valence-corrected chi connectivity index (χ0v) is 16.7. The van der Waals surface area contributed by atoms with Crippen molar-refractivity contribution in [3.05, 3.63) is 68.7 Å². The van der Waals surface area contributed by atoms with E-state index in [-0.39, 0.29) is 29.6 Å². The third-order valence-corrected chi connectivity index (χ3v) is 4.69. The molecule has 8 nitrogen and oxygen atoms in total. The van der Waals surface area contributed by atoms with E-state index in [2.05, 4.69) is 15.2 Å². The molecule has 154 valence electrons. The average Bonchev–Trinajstić information content (AvgIpc) is 3.19. The third-order valence-electron chi connectivity index (χ3n) is 4.69. The van der Waals surface area contributed by atoms with Crippen molar-refractivity contribution in [3.63, 3.8) is 0 Å². The molecule has 2 aromatic heterocycles. The van der Waals surface area contributed by atoms with Gasteiger partial charge in [-0.25, -0.2) is 4.39 Å². The Morgan fingerprint density at radius 2 is 2.00 bits per heavy atom. The number of hydrogen-bond donors (Lipinski definition) is 1. The Balaban J connectivity index is 1.64. The van der Waals surface area contributed by atoms with E-state index in [1.807, 2.05) is 6.07 Å². The number of esters is 1. The number of aryl methyl sites for hydroxylation is 1. The fraction of sp³-hybridized carbons (Fsp3) is 0.286. The molecule has 0 unspecified atom stereocenters. The molecule has 0 aliphatic rings. The van der Waals surface area contributed by atoms with Gasteiger partial charge in [-0.3, -0.25) is 9.59 Å². The fourth-order valence-electron chi connectivity index (χ4n) is 3.06. The summed E-state index contributed by atoms with van der Waals surface area (Å²) in [6.45, 7) is 5.00. The van der Waals surface area contributed by atoms with Crippen molar-refractivity contribution in [2.75, 3.05) is 0 Å². The number of nitrogens with one attached hydrogen (secondary N) is 1. The zero-order valence-electron chi connectivity index (χ0n) is 16.7. The average molecular weight is 410 g/mol. The predicted molar refractivity (Wildman–Crippen MR) is 104 cm³/mol. The quantitative estimate of drug-likeness (QED) is 0.619. The van der Waals surface area contributed by atoms with Crippen LogP contribution >= 0.6 is 0 Å². The van der Waals surface area contributed by atoms with Crippen LogP contribution in [0.3, 0.4) is 0 Å². The lowest BCUT2D eigenvalue weighted by Gasteiger charge is -2.12. The molecule has 1 N–H and O–H groups in total. The summed E-state index contributed by atoms with van der Waals surface area (Å²) in [5.74, 6) is -0.564. The molecule has 0 bridgehead atoms. The number of carbonyl (C=O) groups excluding carboxylic acids is 1. The van der Waals surface area contributed by atoms with E-state index < -0.39 is 17.6 Å². The highest BCUT2D eigenvalue weighted by molar-refractivity contribution is 5.70. The topological polar surface area (TPSA) is 122 Å². The summed E-state index contributed by atoms with van der Waals surface area (Å²) in [6, 6.07) is 7.46. The number of benzene rings is 1. The lowest BCUT2D eigenvalue weighted by molar-refractivity contribution is -0.149. The lowest BCUT2D eigenvalue weighted by atomic mass is 9.99. The summed E-state index contributed by atoms with van der Waals surface area (Å²) < 4.78 is 23.9. The Morgan fingerprint density at radius 1 is 1.30 bits per heavy atom. The Kier molecular flexibility index (Phi) is 6.06. The predicted octanol–water partition coefficient (Wildman–Crippen LogP) is 3.29. The number of halogens is 1. The van der Waals surface area contributed by atoms with E-state index in [0.717, 1.165) is 5.56 Å². The van der Waals surface area contributed by atoms with Crippen LogP contribution < -0.4 is 5.56 Å². The SMILES string of the molecule is Cc1[nH]c(=O)c(C#N)c(C)c1CCC(=O)O[C@@H](C)c1nnc(-c2ccc(F)cc2)o1. The molecule has 0 radical (unpaired) electrons. The molecule has 0 saturated heterocycles. The largest absolute Gasteiger partial charge is 0.453 e. The van der Waals surface area contributed by atoms with E-state index >= 15 is 0 Å². The van der Waals surface area contributed by atoms with E-state index in [9.17, 15) is 14.0 Å². The van der Waals surface area contributed by atoms with E-state index in [1.165, 1.54) is 24.3 Å². The van der Waals surface area contributed by atoms with Crippen LogP contribution in [-0.4, -0.2) is 21.2 Å². The molecule has 0 saturated carbocycles. The molecule has 30 heavy (non-hydrogen) atoms. The van der Waals surface area contributed by atoms with Crippen LogP contribution in [0.1, 0.15) is 47.7 Å². The second-order valence-corrected chi connectivity index (χ2v) is 6.75. The molecule has 3 aromatic rings. The standard InChI is InChI=1S/C21H19FN4O4/c1-11-16(12(2)24-19(28)17(11)10-23)8-9-18(27)29-13(3)20-25-26-21(30-20)14-4-6-15(22)7-5-14/h4-7,13H,8-9H2,1-3H3,(H,24,28)/t13-/m0/s1. The Morgan fingerprint density at radius 3 is 2.67 bits per heavy atom. The first-order valence-electron chi connectivity index (χ1n) is 9.21. The summed E-state index contributed by atoms with van der Waals surface area (Å²) in [4.78, 5) is 26.7. The van der Waals surface area contributed by atoms with E-state index in [0.29, 0.717) is 23.2 Å². The van der Waals surface area contributed by atoms with E-state index in [4.69, 9.17) is 14.4 Å². The van der Waals surface area contributed by atoms with Crippen LogP contribution in [-0.2, 0) is 16.0 Å². The van der Waals surface area contributed by atoms with Crippen LogP contribution in [0.2, 0.25) is 0 Å². The zero-order chi connectivity index (χ0) is 21.8. The number of carbonyl (C=O) groups is 1. The molecule has 0 aliphatic carbocycles. The van der Waals surface area contributed by atoms with Gasteiger partial charge in [-0.05, 0) is 62.6 Å². The van der Waals surface area contributed by atoms with Crippen molar-refractivity contribution >= 4 is 5.97 Å². The lowest BCUT2D eigenvalue weighted by Crippen LogP contribution is -2.17. The van der Waals surface area contributed by atoms with Crippen LogP contribution in [0.15, 0.2) is 33.5 Å². The molecule has 0 spiro atoms. The number of ether oxygens (including phenoxy) is 1. The highest BCUT2D eigenvalue weighted by Crippen LogP contribution is 2.23. The maximum atomic E-state index is 13.0. The number of H-pyrrole nitrogens is 1. The molecule has 1 aromatic carbocycles. The smallest absolute Gasteiger partial charge is 0.306 e. The Bertz CT molecular complexity index is 1180. The molecule has 1 atom stereocenters. The van der Waals surface area contributed by atoms with Gasteiger partial charge in [0.15, 0.2) is 6.10 Å². The van der Waals surface area contributed by atoms with Gasteiger partial charge in [0, 0.05) is 17.7 Å². The first kappa shape index (κ1) is 20.9. The molecular formula is C21H19FN4O4. The first-order chi connectivity index (χ1) is 14.3. The van der Waals surface area contributed by atoms with Gasteiger partial charge in [0.1, 0.15) is 17.4 Å². The Labute approximate surface area is 171 Å². The van der Waals surface area contributed by atoms with Gasteiger partial charge >= 0.3 is 5.97 Å². The van der Waals surface area contributed by atoms with Crippen molar-refractivity contribution in [3.8, 4) is 17.5 Å². The summed E-state index contributed by atoms with van der Waals surface area (Å²) in [5.41, 5.74) is 2.04. The van der Waals surface area contributed by atoms with Gasteiger partial charge in [0.25, 0.3) is 11.4 Å². The minimum Gasteiger partial charge on any atom is -0.453 e. The van der Waals surface area contributed by atoms with Gasteiger partial charge in [-0.2, -0.15) is 5.26 Å². The normalized spacial score (nSPS) is 11.7. The van der Waals surface area contributed by atoms with Crippen LogP contribution in [0.4, 0.5) is 4.39 Å². The van der Waals surface area contributed by atoms with Gasteiger partial charge in [-0.15, -0.1) is 10.2 Å². The maximum absolute atomic E-state index is 13.0. The van der Waals surface area contributed by atoms with Crippen molar-refractivity contribution in [1.29, 1.82) is 5.26 Å². The number of nitriles is 1. The number of rotatable bonds is 6. The molecule has 0 fully saturated rings. The van der Waals surface area contributed by atoms with Crippen molar-refractivity contribution in [1.82, 2.24) is 15.2 Å². The highest BCUT2D eigenvalue weighted by atomic mass is 19.1. The summed E-state index contributed by atoms with van der Waals surface area (Å²) in [5, 5.41) is 16.9. The van der Waals surface area contributed by atoms with Crippen LogP contribution in [0.25, 0.3) is 11.5 Å². The van der Waals surface area contributed by atoms with E-state index in [1.54, 1.807) is 20.8 Å². The Hall–Kier alpha value is -3.80. The van der Waals surface area contributed by atoms with Crippen LogP contribution in [0, 0.1) is 31.0 Å². The molecule has 9 heteroatoms. The number of aromatic nitrogens is 3. The molecule has 2 heterocycles. The van der Waals surface area contributed by atoms with Crippen molar-refractivity contribution in [2.24, 2.45) is 0 Å². The van der Waals surface area contributed by atoms with Gasteiger partial charge in [0.05, 0.1) is 0 Å². The number of pyridine rings is 1. The minimum absolute atomic E-state index is 0.0384. The van der Waals surface area contributed by atoms with Crippen molar-refractivity contribution in [2.45, 2.75) is 39.7 Å². The first-order valence-corrected chi connectivity index (χ1v) is 9.21.